The van der Waals surface area contributed by atoms with Gasteiger partial charge in [-0.1, -0.05) is 41.7 Å². The molecular formula is C41H39N7O4S3. The Balaban J connectivity index is 0.884. The molecule has 1 aliphatic heterocycles. The fourth-order valence-electron chi connectivity index (χ4n) is 6.22. The highest BCUT2D eigenvalue weighted by Gasteiger charge is 2.22. The number of hydrogen-bond acceptors (Lipinski definition) is 12. The largest absolute Gasteiger partial charge is 0.508 e. The van der Waals surface area contributed by atoms with E-state index in [4.69, 9.17) is 0 Å². The Morgan fingerprint density at radius 1 is 0.855 bits per heavy atom. The molecule has 0 saturated carbocycles. The summed E-state index contributed by atoms with van der Waals surface area (Å²) in [6.45, 7) is 5.41. The van der Waals surface area contributed by atoms with Crippen molar-refractivity contribution in [3.63, 3.8) is 0 Å². The van der Waals surface area contributed by atoms with E-state index in [0.717, 1.165) is 57.9 Å². The Bertz CT molecular complexity index is 2250. The fraction of sp³-hybridized carbons (Fsp3) is 0.195. The molecule has 0 spiro atoms. The van der Waals surface area contributed by atoms with E-state index in [-0.39, 0.29) is 23.3 Å². The minimum Gasteiger partial charge on any atom is -0.508 e. The number of hydrogen-bond donors (Lipinski definition) is 4. The number of phenols is 1. The minimum atomic E-state index is -0.498. The number of thioether (sulfide) groups is 1. The molecule has 1 saturated heterocycles. The van der Waals surface area contributed by atoms with Gasteiger partial charge < -0.3 is 25.5 Å². The Morgan fingerprint density at radius 3 is 2.33 bits per heavy atom. The van der Waals surface area contributed by atoms with Gasteiger partial charge in [-0.2, -0.15) is 0 Å². The first-order valence-electron chi connectivity index (χ1n) is 17.8. The monoisotopic (exact) mass is 789 g/mol. The predicted molar refractivity (Wildman–Crippen MR) is 227 cm³/mol. The van der Waals surface area contributed by atoms with Crippen molar-refractivity contribution in [3.8, 4) is 5.75 Å². The molecule has 0 radical (unpaired) electrons. The van der Waals surface area contributed by atoms with Crippen molar-refractivity contribution in [3.05, 3.63) is 131 Å². The molecule has 11 nitrogen and oxygen atoms in total. The summed E-state index contributed by atoms with van der Waals surface area (Å²) in [5.74, 6) is 0.0131. The number of aromatic nitrogens is 1. The molecule has 1 fully saturated rings. The summed E-state index contributed by atoms with van der Waals surface area (Å²) in [7, 11) is 0. The average Bonchev–Trinajstić information content (AvgIpc) is 3.64. The molecule has 7 rings (SSSR count). The maximum atomic E-state index is 13.2. The van der Waals surface area contributed by atoms with Gasteiger partial charge in [0.05, 0.1) is 21.8 Å². The van der Waals surface area contributed by atoms with Crippen LogP contribution in [0.5, 0.6) is 5.75 Å². The molecule has 2 heterocycles. The Kier molecular flexibility index (Phi) is 12.2. The SMILES string of the molecule is CC(C(=O)Nc1nc2ccccc2s1)c1cc(O)cc(N2CCN(c3ccc(C(=O)NSc4ccc(NCCSc5ccccc5)c(N=O)c4)cc3)CC2)c1. The number of nitrogens with zero attached hydrogens (tertiary/aromatic N) is 4. The molecule has 2 amide bonds. The number of phenolic OH excluding ortho intramolecular Hbond substituents is 1. The molecular weight excluding hydrogens is 751 g/mol. The van der Waals surface area contributed by atoms with Crippen LogP contribution in [0.4, 0.5) is 27.9 Å². The van der Waals surface area contributed by atoms with Crippen molar-refractivity contribution in [2.24, 2.45) is 5.18 Å². The second-order valence-electron chi connectivity index (χ2n) is 12.9. The van der Waals surface area contributed by atoms with Crippen molar-refractivity contribution in [2.45, 2.75) is 22.6 Å². The Hall–Kier alpha value is -5.57. The van der Waals surface area contributed by atoms with Crippen LogP contribution in [-0.4, -0.2) is 60.4 Å². The van der Waals surface area contributed by atoms with Crippen LogP contribution < -0.4 is 25.2 Å². The van der Waals surface area contributed by atoms with E-state index in [1.807, 2.05) is 73.7 Å². The lowest BCUT2D eigenvalue weighted by Crippen LogP contribution is -2.46. The lowest BCUT2D eigenvalue weighted by atomic mass is 9.99. The number of rotatable bonds is 14. The number of nitrogens with one attached hydrogen (secondary N) is 3. The lowest BCUT2D eigenvalue weighted by molar-refractivity contribution is -0.117. The predicted octanol–water partition coefficient (Wildman–Crippen LogP) is 9.11. The molecule has 55 heavy (non-hydrogen) atoms. The van der Waals surface area contributed by atoms with E-state index < -0.39 is 5.92 Å². The van der Waals surface area contributed by atoms with Gasteiger partial charge in [0, 0.05) is 71.3 Å². The Labute approximate surface area is 331 Å². The zero-order valence-corrected chi connectivity index (χ0v) is 32.4. The van der Waals surface area contributed by atoms with Crippen LogP contribution in [-0.2, 0) is 4.79 Å². The van der Waals surface area contributed by atoms with E-state index >= 15 is 0 Å². The fourth-order valence-corrected chi connectivity index (χ4v) is 8.52. The minimum absolute atomic E-state index is 0.112. The highest BCUT2D eigenvalue weighted by atomic mass is 32.2. The van der Waals surface area contributed by atoms with Crippen LogP contribution >= 0.6 is 35.0 Å². The van der Waals surface area contributed by atoms with E-state index in [1.165, 1.54) is 16.2 Å². The van der Waals surface area contributed by atoms with Gasteiger partial charge in [-0.05, 0) is 108 Å². The number of para-hydroxylation sites is 1. The number of aromatic hydroxyl groups is 1. The van der Waals surface area contributed by atoms with Gasteiger partial charge in [0.1, 0.15) is 11.4 Å². The Morgan fingerprint density at radius 2 is 1.58 bits per heavy atom. The third kappa shape index (κ3) is 9.57. The van der Waals surface area contributed by atoms with Gasteiger partial charge >= 0.3 is 0 Å². The van der Waals surface area contributed by atoms with E-state index in [1.54, 1.807) is 48.2 Å². The molecule has 6 aromatic rings. The molecule has 5 aromatic carbocycles. The van der Waals surface area contributed by atoms with Gasteiger partial charge in [-0.25, -0.2) is 4.98 Å². The number of fused-ring (bicyclic) bond motifs is 1. The summed E-state index contributed by atoms with van der Waals surface area (Å²) in [5.41, 5.74) is 4.89. The molecule has 1 aromatic heterocycles. The van der Waals surface area contributed by atoms with Gasteiger partial charge in [-0.15, -0.1) is 16.7 Å². The molecule has 14 heteroatoms. The molecule has 0 aliphatic carbocycles. The zero-order valence-electron chi connectivity index (χ0n) is 30.0. The average molecular weight is 790 g/mol. The maximum Gasteiger partial charge on any atom is 0.261 e. The standard InChI is InChI=1S/C41H39N7O4S3/c1-27(39(50)44-41-43-36-9-5-6-10-38(36)54-41)29-23-31(25-32(49)24-29)48-20-18-47(19-21-48)30-13-11-28(12-14-30)40(51)46-55-34-15-16-35(37(26-34)45-52)42-17-22-53-33-7-3-2-4-8-33/h2-16,23-27,42,49H,17-22H2,1H3,(H,46,51)(H,43,44,50). The molecule has 280 valence electrons. The number of amides is 2. The van der Waals surface area contributed by atoms with Crippen LogP contribution in [0, 0.1) is 4.91 Å². The van der Waals surface area contributed by atoms with Crippen LogP contribution in [0.3, 0.4) is 0 Å². The third-order valence-corrected chi connectivity index (χ3v) is 12.0. The molecule has 1 atom stereocenters. The normalized spacial score (nSPS) is 13.3. The highest BCUT2D eigenvalue weighted by molar-refractivity contribution is 7.99. The van der Waals surface area contributed by atoms with Gasteiger partial charge in [0.2, 0.25) is 5.91 Å². The first-order chi connectivity index (χ1) is 26.8. The van der Waals surface area contributed by atoms with Crippen molar-refractivity contribution in [1.29, 1.82) is 0 Å². The van der Waals surface area contributed by atoms with E-state index in [0.29, 0.717) is 40.9 Å². The number of carbonyl (C=O) groups is 2. The zero-order chi connectivity index (χ0) is 38.1. The van der Waals surface area contributed by atoms with E-state index in [2.05, 4.69) is 47.4 Å². The maximum absolute atomic E-state index is 13.2. The second kappa shape index (κ2) is 17.7. The molecule has 1 unspecified atom stereocenters. The summed E-state index contributed by atoms with van der Waals surface area (Å²) in [5, 5.41) is 20.6. The number of anilines is 4. The third-order valence-electron chi connectivity index (χ3n) is 9.24. The van der Waals surface area contributed by atoms with Gasteiger partial charge in [0.25, 0.3) is 5.91 Å². The van der Waals surface area contributed by atoms with Crippen LogP contribution in [0.15, 0.2) is 130 Å². The highest BCUT2D eigenvalue weighted by Crippen LogP contribution is 2.33. The van der Waals surface area contributed by atoms with Crippen LogP contribution in [0.2, 0.25) is 0 Å². The van der Waals surface area contributed by atoms with Crippen LogP contribution in [0.1, 0.15) is 28.8 Å². The quantitative estimate of drug-likeness (QED) is 0.0366. The number of nitroso groups, excluding NO2 is 1. The summed E-state index contributed by atoms with van der Waals surface area (Å²) >= 11 is 4.30. The lowest BCUT2D eigenvalue weighted by Gasteiger charge is -2.37. The molecule has 4 N–H and O–H groups in total. The number of thiazole rings is 1. The van der Waals surface area contributed by atoms with Gasteiger partial charge in [0.15, 0.2) is 5.13 Å². The summed E-state index contributed by atoms with van der Waals surface area (Å²) in [6, 6.07) is 36.0. The molecule has 0 bridgehead atoms. The second-order valence-corrected chi connectivity index (χ2v) is 16.0. The van der Waals surface area contributed by atoms with Crippen molar-refractivity contribution in [1.82, 2.24) is 9.71 Å². The van der Waals surface area contributed by atoms with Gasteiger partial charge in [-0.3, -0.25) is 14.3 Å². The first kappa shape index (κ1) is 37.7. The summed E-state index contributed by atoms with van der Waals surface area (Å²) < 4.78 is 3.87. The van der Waals surface area contributed by atoms with E-state index in [9.17, 15) is 19.6 Å². The number of carbonyl (C=O) groups excluding carboxylic acids is 2. The smallest absolute Gasteiger partial charge is 0.261 e. The topological polar surface area (TPSA) is 139 Å². The summed E-state index contributed by atoms with van der Waals surface area (Å²) in [4.78, 5) is 48.6. The van der Waals surface area contributed by atoms with Crippen molar-refractivity contribution in [2.75, 3.05) is 58.9 Å². The number of benzene rings is 5. The van der Waals surface area contributed by atoms with Crippen LogP contribution in [0.25, 0.3) is 10.2 Å². The molecule has 1 aliphatic rings. The van der Waals surface area contributed by atoms with Crippen molar-refractivity contribution < 1.29 is 14.7 Å². The number of piperazine rings is 1. The van der Waals surface area contributed by atoms with Crippen molar-refractivity contribution >= 4 is 85.0 Å². The first-order valence-corrected chi connectivity index (χ1v) is 20.4. The summed E-state index contributed by atoms with van der Waals surface area (Å²) in [6.07, 6.45) is 0.